The van der Waals surface area contributed by atoms with Crippen LogP contribution in [-0.4, -0.2) is 23.5 Å². The minimum absolute atomic E-state index is 0.0187. The predicted octanol–water partition coefficient (Wildman–Crippen LogP) is 3.21. The molecule has 1 aliphatic rings. The topological polar surface area (TPSA) is 42.4 Å². The van der Waals surface area contributed by atoms with Gasteiger partial charge in [-0.05, 0) is 37.6 Å². The molecule has 0 saturated heterocycles. The normalized spacial score (nSPS) is 17.0. The summed E-state index contributed by atoms with van der Waals surface area (Å²) in [5.74, 6) is 0.750. The molecule has 1 atom stereocenters. The Hall–Kier alpha value is -2.36. The lowest BCUT2D eigenvalue weighted by atomic mass is 10.1. The van der Waals surface area contributed by atoms with E-state index in [0.29, 0.717) is 12.1 Å². The van der Waals surface area contributed by atoms with Crippen molar-refractivity contribution in [3.8, 4) is 5.75 Å². The molecule has 1 unspecified atom stereocenters. The number of amides is 1. The predicted molar refractivity (Wildman–Crippen MR) is 81.8 cm³/mol. The van der Waals surface area contributed by atoms with E-state index in [1.165, 1.54) is 0 Å². The fourth-order valence-electron chi connectivity index (χ4n) is 2.56. The summed E-state index contributed by atoms with van der Waals surface area (Å²) in [6, 6.07) is 11.3. The van der Waals surface area contributed by atoms with Gasteiger partial charge in [-0.15, -0.1) is 0 Å². The van der Waals surface area contributed by atoms with E-state index in [1.807, 2.05) is 37.3 Å². The second-order valence-electron chi connectivity index (χ2n) is 5.17. The highest BCUT2D eigenvalue weighted by atomic mass is 16.5. The van der Waals surface area contributed by atoms with Gasteiger partial charge >= 0.3 is 0 Å². The number of ether oxygens (including phenoxy) is 1. The quantitative estimate of drug-likeness (QED) is 0.849. The standard InChI is InChI=1S/C17H18N2O2/c1-3-13-11-19(15-8-4-5-9-16(15)21-13)17(20)14-7-6-10-18-12(14)2/h4-10,13H,3,11H2,1-2H3. The van der Waals surface area contributed by atoms with Crippen LogP contribution in [0.5, 0.6) is 5.75 Å². The van der Waals surface area contributed by atoms with Crippen LogP contribution in [0.15, 0.2) is 42.6 Å². The number of pyridine rings is 1. The van der Waals surface area contributed by atoms with Gasteiger partial charge in [-0.3, -0.25) is 9.78 Å². The van der Waals surface area contributed by atoms with E-state index in [0.717, 1.165) is 23.6 Å². The minimum atomic E-state index is -0.0187. The van der Waals surface area contributed by atoms with Crippen LogP contribution in [0.1, 0.15) is 29.4 Å². The number of fused-ring (bicyclic) bond motifs is 1. The number of aromatic nitrogens is 1. The Morgan fingerprint density at radius 2 is 2.14 bits per heavy atom. The molecule has 0 spiro atoms. The van der Waals surface area contributed by atoms with Crippen molar-refractivity contribution >= 4 is 11.6 Å². The Bertz CT molecular complexity index is 669. The summed E-state index contributed by atoms with van der Waals surface area (Å²) >= 11 is 0. The molecule has 0 aliphatic carbocycles. The van der Waals surface area contributed by atoms with Gasteiger partial charge < -0.3 is 9.64 Å². The van der Waals surface area contributed by atoms with Crippen LogP contribution < -0.4 is 9.64 Å². The number of carbonyl (C=O) groups excluding carboxylic acids is 1. The number of carbonyl (C=O) groups is 1. The Labute approximate surface area is 124 Å². The molecule has 1 amide bonds. The van der Waals surface area contributed by atoms with Gasteiger partial charge in [-0.25, -0.2) is 0 Å². The van der Waals surface area contributed by atoms with Crippen LogP contribution in [0.3, 0.4) is 0 Å². The summed E-state index contributed by atoms with van der Waals surface area (Å²) in [5, 5.41) is 0. The molecule has 3 rings (SSSR count). The number of aryl methyl sites for hydroxylation is 1. The largest absolute Gasteiger partial charge is 0.486 e. The Morgan fingerprint density at radius 1 is 1.33 bits per heavy atom. The summed E-state index contributed by atoms with van der Waals surface area (Å²) in [5.41, 5.74) is 2.22. The second-order valence-corrected chi connectivity index (χ2v) is 5.17. The lowest BCUT2D eigenvalue weighted by Gasteiger charge is -2.34. The molecule has 2 heterocycles. The van der Waals surface area contributed by atoms with Crippen molar-refractivity contribution in [3.05, 3.63) is 53.9 Å². The zero-order chi connectivity index (χ0) is 14.8. The fraction of sp³-hybridized carbons (Fsp3) is 0.294. The van der Waals surface area contributed by atoms with Crippen LogP contribution in [0.2, 0.25) is 0 Å². The van der Waals surface area contributed by atoms with Crippen LogP contribution in [-0.2, 0) is 0 Å². The first-order chi connectivity index (χ1) is 10.2. The van der Waals surface area contributed by atoms with Gasteiger partial charge in [0, 0.05) is 11.9 Å². The summed E-state index contributed by atoms with van der Waals surface area (Å²) in [4.78, 5) is 18.9. The van der Waals surface area contributed by atoms with Gasteiger partial charge in [0.2, 0.25) is 0 Å². The number of para-hydroxylation sites is 2. The molecular formula is C17H18N2O2. The third-order valence-corrected chi connectivity index (χ3v) is 3.77. The highest BCUT2D eigenvalue weighted by Crippen LogP contribution is 2.34. The number of anilines is 1. The molecule has 1 aliphatic heterocycles. The monoisotopic (exact) mass is 282 g/mol. The average molecular weight is 282 g/mol. The molecule has 0 bridgehead atoms. The third kappa shape index (κ3) is 2.49. The van der Waals surface area contributed by atoms with E-state index in [9.17, 15) is 4.79 Å². The molecule has 2 aromatic rings. The van der Waals surface area contributed by atoms with Crippen molar-refractivity contribution in [2.24, 2.45) is 0 Å². The smallest absolute Gasteiger partial charge is 0.260 e. The van der Waals surface area contributed by atoms with Crippen LogP contribution in [0.4, 0.5) is 5.69 Å². The lowest BCUT2D eigenvalue weighted by Crippen LogP contribution is -2.43. The van der Waals surface area contributed by atoms with Crippen LogP contribution in [0, 0.1) is 6.92 Å². The van der Waals surface area contributed by atoms with E-state index in [-0.39, 0.29) is 12.0 Å². The molecule has 108 valence electrons. The molecule has 1 aromatic carbocycles. The number of hydrogen-bond acceptors (Lipinski definition) is 3. The van der Waals surface area contributed by atoms with Crippen molar-refractivity contribution in [1.82, 2.24) is 4.98 Å². The maximum atomic E-state index is 12.9. The number of nitrogens with zero attached hydrogens (tertiary/aromatic N) is 2. The highest BCUT2D eigenvalue weighted by Gasteiger charge is 2.29. The Balaban J connectivity index is 2.01. The maximum Gasteiger partial charge on any atom is 0.260 e. The maximum absolute atomic E-state index is 12.9. The van der Waals surface area contributed by atoms with Crippen molar-refractivity contribution in [1.29, 1.82) is 0 Å². The number of hydrogen-bond donors (Lipinski definition) is 0. The van der Waals surface area contributed by atoms with Gasteiger partial charge in [-0.1, -0.05) is 19.1 Å². The summed E-state index contributed by atoms with van der Waals surface area (Å²) in [7, 11) is 0. The highest BCUT2D eigenvalue weighted by molar-refractivity contribution is 6.07. The van der Waals surface area contributed by atoms with Gasteiger partial charge in [-0.2, -0.15) is 0 Å². The van der Waals surface area contributed by atoms with Gasteiger partial charge in [0.1, 0.15) is 11.9 Å². The van der Waals surface area contributed by atoms with E-state index in [2.05, 4.69) is 11.9 Å². The van der Waals surface area contributed by atoms with Gasteiger partial charge in [0.05, 0.1) is 17.8 Å². The van der Waals surface area contributed by atoms with Gasteiger partial charge in [0.15, 0.2) is 0 Å². The fourth-order valence-corrected chi connectivity index (χ4v) is 2.56. The summed E-state index contributed by atoms with van der Waals surface area (Å²) in [6.07, 6.45) is 2.60. The SMILES string of the molecule is CCC1CN(C(=O)c2cccnc2C)c2ccccc2O1. The zero-order valence-corrected chi connectivity index (χ0v) is 12.2. The molecule has 21 heavy (non-hydrogen) atoms. The summed E-state index contributed by atoms with van der Waals surface area (Å²) < 4.78 is 5.92. The van der Waals surface area contributed by atoms with Crippen molar-refractivity contribution < 1.29 is 9.53 Å². The number of benzene rings is 1. The third-order valence-electron chi connectivity index (χ3n) is 3.77. The van der Waals surface area contributed by atoms with E-state index in [4.69, 9.17) is 4.74 Å². The molecular weight excluding hydrogens is 264 g/mol. The zero-order valence-electron chi connectivity index (χ0n) is 12.2. The first-order valence-corrected chi connectivity index (χ1v) is 7.20. The molecule has 4 nitrogen and oxygen atoms in total. The van der Waals surface area contributed by atoms with Crippen molar-refractivity contribution in [3.63, 3.8) is 0 Å². The molecule has 4 heteroatoms. The molecule has 0 fully saturated rings. The first kappa shape index (κ1) is 13.6. The second kappa shape index (κ2) is 5.56. The Morgan fingerprint density at radius 3 is 2.90 bits per heavy atom. The van der Waals surface area contributed by atoms with Crippen LogP contribution >= 0.6 is 0 Å². The van der Waals surface area contributed by atoms with Crippen molar-refractivity contribution in [2.75, 3.05) is 11.4 Å². The summed E-state index contributed by atoms with van der Waals surface area (Å²) in [6.45, 7) is 4.49. The van der Waals surface area contributed by atoms with E-state index >= 15 is 0 Å². The van der Waals surface area contributed by atoms with Gasteiger partial charge in [0.25, 0.3) is 5.91 Å². The molecule has 0 saturated carbocycles. The number of rotatable bonds is 2. The minimum Gasteiger partial charge on any atom is -0.486 e. The first-order valence-electron chi connectivity index (χ1n) is 7.20. The molecule has 0 N–H and O–H groups in total. The molecule has 1 aromatic heterocycles. The molecule has 0 radical (unpaired) electrons. The lowest BCUT2D eigenvalue weighted by molar-refractivity contribution is 0.0953. The van der Waals surface area contributed by atoms with E-state index in [1.54, 1.807) is 17.2 Å². The van der Waals surface area contributed by atoms with E-state index < -0.39 is 0 Å². The van der Waals surface area contributed by atoms with Crippen molar-refractivity contribution in [2.45, 2.75) is 26.4 Å². The Kier molecular flexibility index (Phi) is 3.60. The van der Waals surface area contributed by atoms with Crippen LogP contribution in [0.25, 0.3) is 0 Å². The average Bonchev–Trinajstić information content (AvgIpc) is 2.53.